The predicted molar refractivity (Wildman–Crippen MR) is 141 cm³/mol. The summed E-state index contributed by atoms with van der Waals surface area (Å²) in [5.41, 5.74) is 4.72. The van der Waals surface area contributed by atoms with Gasteiger partial charge in [0.15, 0.2) is 0 Å². The largest absolute Gasteiger partial charge is 0.328 e. The van der Waals surface area contributed by atoms with E-state index in [0.717, 1.165) is 12.0 Å². The number of anilines is 2. The van der Waals surface area contributed by atoms with Gasteiger partial charge in [0, 0.05) is 17.1 Å². The van der Waals surface area contributed by atoms with Crippen molar-refractivity contribution in [3.05, 3.63) is 113 Å². The molecule has 1 unspecified atom stereocenters. The molecule has 182 valence electrons. The van der Waals surface area contributed by atoms with Gasteiger partial charge in [0.25, 0.3) is 5.91 Å². The van der Waals surface area contributed by atoms with Crippen LogP contribution in [0.3, 0.4) is 0 Å². The molecule has 3 aromatic carbocycles. The number of fused-ring (bicyclic) bond motifs is 1. The average Bonchev–Trinajstić information content (AvgIpc) is 3.30. The topological polar surface area (TPSA) is 71.8 Å². The van der Waals surface area contributed by atoms with Gasteiger partial charge in [-0.1, -0.05) is 79.3 Å². The van der Waals surface area contributed by atoms with Crippen molar-refractivity contribution >= 4 is 29.3 Å². The van der Waals surface area contributed by atoms with Crippen molar-refractivity contribution in [2.75, 3.05) is 10.6 Å². The van der Waals surface area contributed by atoms with E-state index in [4.69, 9.17) is 5.10 Å². The molecule has 0 radical (unpaired) electrons. The minimum Gasteiger partial charge on any atom is -0.328 e. The maximum Gasteiger partial charge on any atom is 0.255 e. The number of benzene rings is 3. The molecule has 1 amide bonds. The van der Waals surface area contributed by atoms with Crippen molar-refractivity contribution < 1.29 is 9.18 Å². The average molecular weight is 500 g/mol. The van der Waals surface area contributed by atoms with Crippen LogP contribution < -0.4 is 10.6 Å². The van der Waals surface area contributed by atoms with Gasteiger partial charge >= 0.3 is 0 Å². The maximum atomic E-state index is 14.1. The Labute approximate surface area is 213 Å². The Hall–Kier alpha value is -3.91. The number of aryl methyl sites for hydroxylation is 1. The van der Waals surface area contributed by atoms with Crippen LogP contribution in [0, 0.1) is 5.82 Å². The lowest BCUT2D eigenvalue weighted by molar-refractivity contribution is -0.113. The molecule has 2 heterocycles. The Morgan fingerprint density at radius 3 is 2.50 bits per heavy atom. The molecule has 1 atom stereocenters. The van der Waals surface area contributed by atoms with E-state index >= 15 is 0 Å². The van der Waals surface area contributed by atoms with Crippen LogP contribution >= 0.6 is 11.8 Å². The number of nitrogens with one attached hydrogen (secondary N) is 2. The number of amides is 1. The van der Waals surface area contributed by atoms with Crippen LogP contribution in [-0.2, 0) is 17.0 Å². The molecule has 0 aliphatic carbocycles. The third-order valence-electron chi connectivity index (χ3n) is 6.13. The standard InChI is InChI=1S/C28H26FN5OS/c1-3-19-13-15-20(16-14-19)25-24(26(35)31-22-10-5-4-6-11-22)18(2)30-27-32-28(33-34(25)27)36-17-21-9-7-8-12-23(21)29/h4-16,25H,3,17H2,1-2H3,(H,31,35)(H,30,32,33). The van der Waals surface area contributed by atoms with Crippen molar-refractivity contribution in [2.45, 2.75) is 37.2 Å². The second-order valence-electron chi connectivity index (χ2n) is 8.52. The van der Waals surface area contributed by atoms with E-state index in [1.165, 1.54) is 23.4 Å². The van der Waals surface area contributed by atoms with Crippen LogP contribution in [0.4, 0.5) is 16.0 Å². The molecule has 1 aliphatic rings. The first-order valence-corrected chi connectivity index (χ1v) is 12.8. The highest BCUT2D eigenvalue weighted by molar-refractivity contribution is 7.98. The molecular formula is C28H26FN5OS. The molecule has 6 nitrogen and oxygen atoms in total. The van der Waals surface area contributed by atoms with Crippen molar-refractivity contribution in [3.8, 4) is 0 Å². The molecule has 0 saturated heterocycles. The van der Waals surface area contributed by atoms with Crippen LogP contribution in [0.2, 0.25) is 0 Å². The summed E-state index contributed by atoms with van der Waals surface area (Å²) in [6.45, 7) is 3.98. The van der Waals surface area contributed by atoms with Crippen LogP contribution in [0.15, 0.2) is 95.3 Å². The second-order valence-corrected chi connectivity index (χ2v) is 9.47. The molecular weight excluding hydrogens is 473 g/mol. The smallest absolute Gasteiger partial charge is 0.255 e. The quantitative estimate of drug-likeness (QED) is 0.296. The number of nitrogens with zero attached hydrogens (tertiary/aromatic N) is 3. The molecule has 5 rings (SSSR count). The normalized spacial score (nSPS) is 14.8. The molecule has 8 heteroatoms. The fraction of sp³-hybridized carbons (Fsp3) is 0.179. The molecule has 1 aromatic heterocycles. The molecule has 0 bridgehead atoms. The van der Waals surface area contributed by atoms with Gasteiger partial charge in [0.1, 0.15) is 11.9 Å². The van der Waals surface area contributed by atoms with E-state index < -0.39 is 6.04 Å². The Morgan fingerprint density at radius 1 is 1.06 bits per heavy atom. The van der Waals surface area contributed by atoms with E-state index in [-0.39, 0.29) is 11.7 Å². The molecule has 4 aromatic rings. The zero-order valence-corrected chi connectivity index (χ0v) is 20.8. The Kier molecular flexibility index (Phi) is 6.86. The summed E-state index contributed by atoms with van der Waals surface area (Å²) in [5.74, 6) is 0.486. The molecule has 0 fully saturated rings. The lowest BCUT2D eigenvalue weighted by Gasteiger charge is -2.28. The third kappa shape index (κ3) is 4.90. The molecule has 0 saturated carbocycles. The SMILES string of the molecule is CCc1ccc(C2C(C(=O)Nc3ccccc3)=C(C)Nc3nc(SCc4ccccc4F)nn32)cc1. The van der Waals surface area contributed by atoms with Crippen molar-refractivity contribution in [2.24, 2.45) is 0 Å². The molecule has 1 aliphatic heterocycles. The zero-order valence-electron chi connectivity index (χ0n) is 20.0. The van der Waals surface area contributed by atoms with Crippen molar-refractivity contribution in [1.29, 1.82) is 0 Å². The third-order valence-corrected chi connectivity index (χ3v) is 7.01. The summed E-state index contributed by atoms with van der Waals surface area (Å²) in [7, 11) is 0. The summed E-state index contributed by atoms with van der Waals surface area (Å²) >= 11 is 1.36. The number of para-hydroxylation sites is 1. The van der Waals surface area contributed by atoms with Gasteiger partial charge in [-0.2, -0.15) is 4.98 Å². The fourth-order valence-electron chi connectivity index (χ4n) is 4.21. The first kappa shape index (κ1) is 23.8. The molecule has 0 spiro atoms. The monoisotopic (exact) mass is 499 g/mol. The van der Waals surface area contributed by atoms with Gasteiger partial charge in [-0.25, -0.2) is 9.07 Å². The summed E-state index contributed by atoms with van der Waals surface area (Å²) in [5, 5.41) is 11.5. The van der Waals surface area contributed by atoms with Gasteiger partial charge in [0.2, 0.25) is 11.1 Å². The number of rotatable bonds is 7. The zero-order chi connectivity index (χ0) is 25.1. The number of aromatic nitrogens is 3. The summed E-state index contributed by atoms with van der Waals surface area (Å²) < 4.78 is 15.9. The van der Waals surface area contributed by atoms with Crippen LogP contribution in [-0.4, -0.2) is 20.7 Å². The van der Waals surface area contributed by atoms with Gasteiger partial charge in [-0.05, 0) is 48.2 Å². The Balaban J connectivity index is 1.49. The van der Waals surface area contributed by atoms with E-state index in [2.05, 4.69) is 34.7 Å². The second kappa shape index (κ2) is 10.4. The Morgan fingerprint density at radius 2 is 1.78 bits per heavy atom. The number of hydrogen-bond donors (Lipinski definition) is 2. The minimum atomic E-state index is -0.467. The molecule has 2 N–H and O–H groups in total. The predicted octanol–water partition coefficient (Wildman–Crippen LogP) is 6.20. The number of allylic oxidation sites excluding steroid dienone is 1. The van der Waals surface area contributed by atoms with Crippen LogP contribution in [0.5, 0.6) is 0 Å². The Bertz CT molecular complexity index is 1420. The summed E-state index contributed by atoms with van der Waals surface area (Å²) in [6.07, 6.45) is 0.925. The van der Waals surface area contributed by atoms with Crippen LogP contribution in [0.25, 0.3) is 0 Å². The number of hydrogen-bond acceptors (Lipinski definition) is 5. The lowest BCUT2D eigenvalue weighted by Crippen LogP contribution is -2.31. The highest BCUT2D eigenvalue weighted by Crippen LogP contribution is 2.37. The minimum absolute atomic E-state index is 0.211. The van der Waals surface area contributed by atoms with Crippen LogP contribution in [0.1, 0.15) is 36.6 Å². The van der Waals surface area contributed by atoms with Crippen molar-refractivity contribution in [3.63, 3.8) is 0 Å². The molecule has 36 heavy (non-hydrogen) atoms. The summed E-state index contributed by atoms with van der Waals surface area (Å²) in [4.78, 5) is 18.2. The van der Waals surface area contributed by atoms with Crippen molar-refractivity contribution in [1.82, 2.24) is 14.8 Å². The van der Waals surface area contributed by atoms with Gasteiger partial charge in [-0.3, -0.25) is 4.79 Å². The lowest BCUT2D eigenvalue weighted by atomic mass is 9.94. The van der Waals surface area contributed by atoms with Gasteiger partial charge < -0.3 is 10.6 Å². The van der Waals surface area contributed by atoms with Gasteiger partial charge in [0.05, 0.1) is 5.57 Å². The van der Waals surface area contributed by atoms with Gasteiger partial charge in [-0.15, -0.1) is 5.10 Å². The number of thioether (sulfide) groups is 1. The first-order valence-electron chi connectivity index (χ1n) is 11.8. The number of carbonyl (C=O) groups is 1. The highest BCUT2D eigenvalue weighted by atomic mass is 32.2. The maximum absolute atomic E-state index is 14.1. The summed E-state index contributed by atoms with van der Waals surface area (Å²) in [6, 6.07) is 23.8. The van der Waals surface area contributed by atoms with E-state index in [1.807, 2.05) is 55.5 Å². The number of halogens is 1. The fourth-order valence-corrected chi connectivity index (χ4v) is 5.02. The van der Waals surface area contributed by atoms with E-state index in [0.29, 0.717) is 39.4 Å². The highest BCUT2D eigenvalue weighted by Gasteiger charge is 2.34. The first-order chi connectivity index (χ1) is 17.5. The van der Waals surface area contributed by atoms with E-state index in [1.54, 1.807) is 16.8 Å². The van der Waals surface area contributed by atoms with E-state index in [9.17, 15) is 9.18 Å². The number of carbonyl (C=O) groups excluding carboxylic acids is 1.